The number of halogens is 4. The third kappa shape index (κ3) is 4.28. The predicted octanol–water partition coefficient (Wildman–Crippen LogP) is 5.27. The Morgan fingerprint density at radius 2 is 1.25 bits per heavy atom. The fraction of sp³-hybridized carbons (Fsp3) is 0.250. The summed E-state index contributed by atoms with van der Waals surface area (Å²) in [6.45, 7) is -0.0703. The molecular formula is C24H21F4NO3. The van der Waals surface area contributed by atoms with Crippen LogP contribution in [0.3, 0.4) is 0 Å². The molecule has 0 saturated carbocycles. The van der Waals surface area contributed by atoms with Crippen molar-refractivity contribution in [2.24, 2.45) is 0 Å². The molecule has 1 atom stereocenters. The van der Waals surface area contributed by atoms with Crippen molar-refractivity contribution in [3.8, 4) is 17.2 Å². The molecule has 8 heteroatoms. The highest BCUT2D eigenvalue weighted by molar-refractivity contribution is 5.45. The molecule has 4 rings (SSSR count). The fourth-order valence-corrected chi connectivity index (χ4v) is 4.01. The van der Waals surface area contributed by atoms with Crippen molar-refractivity contribution < 1.29 is 32.1 Å². The van der Waals surface area contributed by atoms with Gasteiger partial charge in [-0.1, -0.05) is 42.5 Å². The second-order valence-electron chi connectivity index (χ2n) is 7.86. The Kier molecular flexibility index (Phi) is 5.60. The minimum absolute atomic E-state index is 0.0351. The minimum Gasteiger partial charge on any atom is -0.457 e. The van der Waals surface area contributed by atoms with Crippen molar-refractivity contribution in [2.75, 3.05) is 20.1 Å². The van der Waals surface area contributed by atoms with Gasteiger partial charge in [-0.25, -0.2) is 4.39 Å². The van der Waals surface area contributed by atoms with Crippen molar-refractivity contribution in [1.82, 2.24) is 4.90 Å². The summed E-state index contributed by atoms with van der Waals surface area (Å²) in [4.78, 5) is 1.71. The van der Waals surface area contributed by atoms with Gasteiger partial charge in [-0.2, -0.15) is 0 Å². The summed E-state index contributed by atoms with van der Waals surface area (Å²) in [6.07, 6.45) is -4.84. The van der Waals surface area contributed by atoms with E-state index in [9.17, 15) is 18.3 Å². The maximum Gasteiger partial charge on any atom is 0.573 e. The van der Waals surface area contributed by atoms with E-state index in [0.29, 0.717) is 11.5 Å². The van der Waals surface area contributed by atoms with E-state index in [1.54, 1.807) is 48.3 Å². The number of likely N-dealkylation sites (tertiary alicyclic amines) is 1. The van der Waals surface area contributed by atoms with Crippen molar-refractivity contribution in [2.45, 2.75) is 17.6 Å². The molecule has 1 aliphatic rings. The number of hydrogen-bond donors (Lipinski definition) is 1. The molecule has 1 fully saturated rings. The van der Waals surface area contributed by atoms with Crippen LogP contribution in [0.2, 0.25) is 0 Å². The SMILES string of the molecule is CN1CC(F)([C@@](O)(c2ccc(Oc3ccccc3)cc2)c2ccc(OC(F)(F)F)cc2)C1. The summed E-state index contributed by atoms with van der Waals surface area (Å²) < 4.78 is 62.9. The maximum absolute atomic E-state index is 15.9. The summed E-state index contributed by atoms with van der Waals surface area (Å²) in [5, 5.41) is 11.6. The van der Waals surface area contributed by atoms with Gasteiger partial charge in [0, 0.05) is 13.1 Å². The van der Waals surface area contributed by atoms with Crippen LogP contribution in [-0.4, -0.2) is 42.2 Å². The van der Waals surface area contributed by atoms with Crippen molar-refractivity contribution >= 4 is 0 Å². The number of nitrogens with zero attached hydrogens (tertiary/aromatic N) is 1. The number of rotatable bonds is 6. The molecule has 0 aromatic heterocycles. The number of benzene rings is 3. The molecule has 0 spiro atoms. The number of ether oxygens (including phenoxy) is 2. The Labute approximate surface area is 182 Å². The highest BCUT2D eigenvalue weighted by Gasteiger charge is 2.59. The van der Waals surface area contributed by atoms with Crippen LogP contribution in [0.5, 0.6) is 17.2 Å². The van der Waals surface area contributed by atoms with Crippen LogP contribution in [0.15, 0.2) is 78.9 Å². The number of hydrogen-bond acceptors (Lipinski definition) is 4. The molecule has 32 heavy (non-hydrogen) atoms. The third-order valence-corrected chi connectivity index (χ3v) is 5.45. The fourth-order valence-electron chi connectivity index (χ4n) is 4.01. The lowest BCUT2D eigenvalue weighted by Gasteiger charge is -2.52. The first-order valence-corrected chi connectivity index (χ1v) is 9.89. The second-order valence-corrected chi connectivity index (χ2v) is 7.86. The maximum atomic E-state index is 15.9. The Bertz CT molecular complexity index is 1050. The van der Waals surface area contributed by atoms with Gasteiger partial charge in [0.25, 0.3) is 0 Å². The van der Waals surface area contributed by atoms with Gasteiger partial charge in [-0.3, -0.25) is 4.90 Å². The van der Waals surface area contributed by atoms with Gasteiger partial charge in [0.05, 0.1) is 0 Å². The molecule has 1 N–H and O–H groups in total. The minimum atomic E-state index is -4.84. The number of para-hydroxylation sites is 1. The highest BCUT2D eigenvalue weighted by Crippen LogP contribution is 2.47. The van der Waals surface area contributed by atoms with E-state index >= 15 is 4.39 Å². The van der Waals surface area contributed by atoms with Crippen LogP contribution in [0.25, 0.3) is 0 Å². The molecule has 4 nitrogen and oxygen atoms in total. The van der Waals surface area contributed by atoms with Crippen molar-refractivity contribution in [3.05, 3.63) is 90.0 Å². The summed E-state index contributed by atoms with van der Waals surface area (Å²) >= 11 is 0. The normalized spacial score (nSPS) is 17.8. The van der Waals surface area contributed by atoms with Crippen molar-refractivity contribution in [1.29, 1.82) is 0 Å². The predicted molar refractivity (Wildman–Crippen MR) is 110 cm³/mol. The monoisotopic (exact) mass is 447 g/mol. The summed E-state index contributed by atoms with van der Waals surface area (Å²) in [7, 11) is 1.72. The summed E-state index contributed by atoms with van der Waals surface area (Å²) in [5.41, 5.74) is -3.73. The molecule has 0 aliphatic carbocycles. The zero-order valence-electron chi connectivity index (χ0n) is 17.1. The first kappa shape index (κ1) is 22.1. The Hall–Kier alpha value is -3.10. The Morgan fingerprint density at radius 3 is 1.72 bits per heavy atom. The molecule has 0 bridgehead atoms. The van der Waals surface area contributed by atoms with E-state index in [2.05, 4.69) is 4.74 Å². The van der Waals surface area contributed by atoms with E-state index in [1.165, 1.54) is 12.1 Å². The van der Waals surface area contributed by atoms with Crippen LogP contribution in [0.4, 0.5) is 17.6 Å². The van der Waals surface area contributed by atoms with Gasteiger partial charge in [0.15, 0.2) is 11.3 Å². The number of aliphatic hydroxyl groups is 1. The average Bonchev–Trinajstić information content (AvgIpc) is 2.73. The van der Waals surface area contributed by atoms with Crippen LogP contribution >= 0.6 is 0 Å². The van der Waals surface area contributed by atoms with Crippen LogP contribution in [0.1, 0.15) is 11.1 Å². The largest absolute Gasteiger partial charge is 0.573 e. The topological polar surface area (TPSA) is 41.9 Å². The zero-order chi connectivity index (χ0) is 23.0. The van der Waals surface area contributed by atoms with E-state index in [0.717, 1.165) is 12.1 Å². The first-order valence-electron chi connectivity index (χ1n) is 9.89. The lowest BCUT2D eigenvalue weighted by atomic mass is 9.70. The van der Waals surface area contributed by atoms with E-state index in [4.69, 9.17) is 4.74 Å². The van der Waals surface area contributed by atoms with E-state index in [-0.39, 0.29) is 24.2 Å². The van der Waals surface area contributed by atoms with E-state index < -0.39 is 23.4 Å². The van der Waals surface area contributed by atoms with Gasteiger partial charge >= 0.3 is 6.36 Å². The first-order chi connectivity index (χ1) is 15.1. The molecule has 0 amide bonds. The van der Waals surface area contributed by atoms with Crippen LogP contribution < -0.4 is 9.47 Å². The van der Waals surface area contributed by atoms with Crippen LogP contribution in [-0.2, 0) is 5.60 Å². The molecule has 1 aliphatic heterocycles. The van der Waals surface area contributed by atoms with Crippen molar-refractivity contribution in [3.63, 3.8) is 0 Å². The quantitative estimate of drug-likeness (QED) is 0.523. The standard InChI is InChI=1S/C24H21F4NO3/c1-29-15-22(25,16-29)23(30,18-9-13-21(14-10-18)32-24(26,27)28)17-7-11-20(12-8-17)31-19-5-3-2-4-6-19/h2-14,30H,15-16H2,1H3/t23-/m1/s1. The Morgan fingerprint density at radius 1 is 0.781 bits per heavy atom. The number of alkyl halides is 4. The van der Waals surface area contributed by atoms with Gasteiger partial charge < -0.3 is 14.6 Å². The lowest BCUT2D eigenvalue weighted by Crippen LogP contribution is -2.68. The van der Waals surface area contributed by atoms with Crippen LogP contribution in [0, 0.1) is 0 Å². The van der Waals surface area contributed by atoms with Gasteiger partial charge in [0.2, 0.25) is 0 Å². The summed E-state index contributed by atoms with van der Waals surface area (Å²) in [6, 6.07) is 20.0. The molecule has 0 unspecified atom stereocenters. The molecule has 3 aromatic rings. The van der Waals surface area contributed by atoms with Gasteiger partial charge in [-0.05, 0) is 54.6 Å². The molecule has 1 saturated heterocycles. The second kappa shape index (κ2) is 8.11. The molecule has 3 aromatic carbocycles. The Balaban J connectivity index is 1.66. The van der Waals surface area contributed by atoms with Gasteiger partial charge in [0.1, 0.15) is 17.2 Å². The zero-order valence-corrected chi connectivity index (χ0v) is 17.1. The average molecular weight is 447 g/mol. The molecule has 0 radical (unpaired) electrons. The lowest BCUT2D eigenvalue weighted by molar-refractivity contribution is -0.274. The highest BCUT2D eigenvalue weighted by atomic mass is 19.4. The summed E-state index contributed by atoms with van der Waals surface area (Å²) in [5.74, 6) is 0.669. The van der Waals surface area contributed by atoms with E-state index in [1.807, 2.05) is 18.2 Å². The third-order valence-electron chi connectivity index (χ3n) is 5.45. The molecule has 168 valence electrons. The smallest absolute Gasteiger partial charge is 0.457 e. The molecule has 1 heterocycles. The van der Waals surface area contributed by atoms with Gasteiger partial charge in [-0.15, -0.1) is 13.2 Å². The molecular weight excluding hydrogens is 426 g/mol.